The molecule has 3 nitrogen and oxygen atoms in total. The maximum atomic E-state index is 14.2. The molecule has 0 aliphatic heterocycles. The molecule has 0 spiro atoms. The van der Waals surface area contributed by atoms with Crippen molar-refractivity contribution in [3.63, 3.8) is 0 Å². The molecule has 0 aliphatic rings. The molecule has 3 rings (SSSR count). The minimum absolute atomic E-state index is 0.0355. The minimum Gasteiger partial charge on any atom is -0.481 e. The van der Waals surface area contributed by atoms with Crippen LogP contribution in [0.1, 0.15) is 27.9 Å². The molecule has 160 valence electrons. The highest BCUT2D eigenvalue weighted by Crippen LogP contribution is 2.37. The molecule has 0 unspecified atom stereocenters. The van der Waals surface area contributed by atoms with E-state index in [2.05, 4.69) is 0 Å². The van der Waals surface area contributed by atoms with Crippen LogP contribution in [0.15, 0.2) is 36.4 Å². The predicted molar refractivity (Wildman–Crippen MR) is 93.5 cm³/mol. The highest BCUT2D eigenvalue weighted by atomic mass is 19.4. The maximum Gasteiger partial charge on any atom is 0.419 e. The van der Waals surface area contributed by atoms with E-state index in [1.165, 1.54) is 23.6 Å². The fraction of sp³-hybridized carbons (Fsp3) is 0.250. The van der Waals surface area contributed by atoms with Gasteiger partial charge in [-0.2, -0.15) is 26.3 Å². The Labute approximate surface area is 165 Å². The van der Waals surface area contributed by atoms with Crippen molar-refractivity contribution in [2.45, 2.75) is 32.2 Å². The van der Waals surface area contributed by atoms with E-state index in [4.69, 9.17) is 5.11 Å². The molecule has 0 saturated carbocycles. The molecular formula is C20H14F7NO2. The van der Waals surface area contributed by atoms with Crippen molar-refractivity contribution in [2.75, 3.05) is 0 Å². The zero-order valence-electron chi connectivity index (χ0n) is 15.3. The van der Waals surface area contributed by atoms with Crippen LogP contribution in [0.5, 0.6) is 0 Å². The van der Waals surface area contributed by atoms with Crippen molar-refractivity contribution in [3.05, 3.63) is 70.2 Å². The Balaban J connectivity index is 2.21. The molecule has 0 atom stereocenters. The average molecular weight is 433 g/mol. The second-order valence-corrected chi connectivity index (χ2v) is 6.77. The Morgan fingerprint density at radius 2 is 1.70 bits per heavy atom. The number of aromatic nitrogens is 1. The van der Waals surface area contributed by atoms with Gasteiger partial charge in [-0.3, -0.25) is 4.79 Å². The van der Waals surface area contributed by atoms with Crippen LogP contribution in [0.2, 0.25) is 0 Å². The number of nitrogens with zero attached hydrogens (tertiary/aromatic N) is 1. The fourth-order valence-corrected chi connectivity index (χ4v) is 3.39. The first kappa shape index (κ1) is 21.7. The van der Waals surface area contributed by atoms with Crippen LogP contribution < -0.4 is 0 Å². The Bertz CT molecular complexity index is 1130. The van der Waals surface area contributed by atoms with E-state index in [1.807, 2.05) is 0 Å². The largest absolute Gasteiger partial charge is 0.481 e. The topological polar surface area (TPSA) is 42.2 Å². The molecule has 30 heavy (non-hydrogen) atoms. The molecule has 0 fully saturated rings. The van der Waals surface area contributed by atoms with E-state index >= 15 is 0 Å². The first-order valence-electron chi connectivity index (χ1n) is 8.55. The molecular weight excluding hydrogens is 419 g/mol. The van der Waals surface area contributed by atoms with Crippen LogP contribution in [0.25, 0.3) is 10.9 Å². The summed E-state index contributed by atoms with van der Waals surface area (Å²) in [5.74, 6) is -2.87. The Hall–Kier alpha value is -3.04. The molecule has 10 heteroatoms. The molecule has 1 N–H and O–H groups in total. The van der Waals surface area contributed by atoms with Crippen molar-refractivity contribution in [2.24, 2.45) is 0 Å². The van der Waals surface area contributed by atoms with Crippen molar-refractivity contribution in [3.8, 4) is 0 Å². The number of aliphatic carboxylic acids is 1. The smallest absolute Gasteiger partial charge is 0.419 e. The Morgan fingerprint density at radius 3 is 2.27 bits per heavy atom. The van der Waals surface area contributed by atoms with Crippen LogP contribution in [0, 0.1) is 12.7 Å². The van der Waals surface area contributed by atoms with Gasteiger partial charge < -0.3 is 9.67 Å². The number of carbonyl (C=O) groups is 1. The van der Waals surface area contributed by atoms with Gasteiger partial charge in [0.05, 0.1) is 23.1 Å². The third-order valence-corrected chi connectivity index (χ3v) is 4.77. The third-order valence-electron chi connectivity index (χ3n) is 4.77. The van der Waals surface area contributed by atoms with Crippen molar-refractivity contribution in [1.82, 2.24) is 4.57 Å². The fourth-order valence-electron chi connectivity index (χ4n) is 3.39. The van der Waals surface area contributed by atoms with Gasteiger partial charge in [0, 0.05) is 17.6 Å². The number of rotatable bonds is 4. The monoisotopic (exact) mass is 433 g/mol. The molecule has 0 saturated heterocycles. The first-order valence-corrected chi connectivity index (χ1v) is 8.55. The van der Waals surface area contributed by atoms with Gasteiger partial charge in [-0.1, -0.05) is 12.1 Å². The van der Waals surface area contributed by atoms with E-state index in [-0.39, 0.29) is 34.3 Å². The van der Waals surface area contributed by atoms with Crippen LogP contribution in [0.3, 0.4) is 0 Å². The van der Waals surface area contributed by atoms with Gasteiger partial charge in [0.25, 0.3) is 0 Å². The van der Waals surface area contributed by atoms with Crippen LogP contribution in [-0.2, 0) is 30.1 Å². The lowest BCUT2D eigenvalue weighted by Gasteiger charge is -2.13. The zero-order chi connectivity index (χ0) is 22.4. The van der Waals surface area contributed by atoms with Gasteiger partial charge in [0.15, 0.2) is 0 Å². The number of hydrogen-bond donors (Lipinski definition) is 1. The molecule has 0 aliphatic carbocycles. The number of carboxylic acid groups (broad SMARTS) is 1. The lowest BCUT2D eigenvalue weighted by Crippen LogP contribution is -2.09. The summed E-state index contributed by atoms with van der Waals surface area (Å²) >= 11 is 0. The van der Waals surface area contributed by atoms with Crippen LogP contribution in [0.4, 0.5) is 30.7 Å². The van der Waals surface area contributed by atoms with E-state index in [9.17, 15) is 35.5 Å². The maximum absolute atomic E-state index is 14.2. The van der Waals surface area contributed by atoms with E-state index in [0.717, 1.165) is 12.1 Å². The predicted octanol–water partition coefficient (Wildman–Crippen LogP) is 5.80. The van der Waals surface area contributed by atoms with Gasteiger partial charge >= 0.3 is 18.3 Å². The number of fused-ring (bicyclic) bond motifs is 1. The average Bonchev–Trinajstić information content (AvgIpc) is 2.84. The third kappa shape index (κ3) is 4.12. The zero-order valence-corrected chi connectivity index (χ0v) is 15.3. The van der Waals surface area contributed by atoms with Gasteiger partial charge in [0.2, 0.25) is 0 Å². The molecule has 0 bridgehead atoms. The number of carboxylic acids is 1. The standard InChI is InChI=1S/C20H14F7NO2/c1-10-13(7-18(29)30)14-6-15(20(25,26)27)16(21)8-17(14)28(10)9-11-3-2-4-12(5-11)19(22,23)24/h2-6,8H,7,9H2,1H3,(H,29,30). The second-order valence-electron chi connectivity index (χ2n) is 6.77. The lowest BCUT2D eigenvalue weighted by molar-refractivity contribution is -0.140. The summed E-state index contributed by atoms with van der Waals surface area (Å²) in [6.45, 7) is 1.22. The summed E-state index contributed by atoms with van der Waals surface area (Å²) in [4.78, 5) is 11.2. The molecule has 3 aromatic rings. The van der Waals surface area contributed by atoms with Gasteiger partial charge in [-0.25, -0.2) is 4.39 Å². The van der Waals surface area contributed by atoms with Gasteiger partial charge in [0.1, 0.15) is 5.82 Å². The molecule has 0 radical (unpaired) electrons. The van der Waals surface area contributed by atoms with Gasteiger partial charge in [-0.15, -0.1) is 0 Å². The highest BCUT2D eigenvalue weighted by Gasteiger charge is 2.35. The summed E-state index contributed by atoms with van der Waals surface area (Å²) in [6.07, 6.45) is -10.2. The van der Waals surface area contributed by atoms with E-state index in [0.29, 0.717) is 12.1 Å². The van der Waals surface area contributed by atoms with Crippen molar-refractivity contribution >= 4 is 16.9 Å². The summed E-state index contributed by atoms with van der Waals surface area (Å²) in [6, 6.07) is 5.48. The molecule has 2 aromatic carbocycles. The minimum atomic E-state index is -4.99. The first-order chi connectivity index (χ1) is 13.8. The molecule has 1 aromatic heterocycles. The SMILES string of the molecule is Cc1c(CC(=O)O)c2cc(C(F)(F)F)c(F)cc2n1Cc1cccc(C(F)(F)F)c1. The molecule has 1 heterocycles. The quantitative estimate of drug-likeness (QED) is 0.529. The molecule has 0 amide bonds. The number of halogens is 7. The van der Waals surface area contributed by atoms with E-state index in [1.54, 1.807) is 0 Å². The summed E-state index contributed by atoms with van der Waals surface area (Å²) in [5.41, 5.74) is -2.06. The van der Waals surface area contributed by atoms with Crippen molar-refractivity contribution < 1.29 is 40.6 Å². The van der Waals surface area contributed by atoms with Crippen LogP contribution >= 0.6 is 0 Å². The summed E-state index contributed by atoms with van der Waals surface area (Å²) in [5, 5.41) is 9.01. The number of alkyl halides is 6. The van der Waals surface area contributed by atoms with Crippen molar-refractivity contribution in [1.29, 1.82) is 0 Å². The lowest BCUT2D eigenvalue weighted by atomic mass is 10.0. The Kier molecular flexibility index (Phi) is 5.30. The van der Waals surface area contributed by atoms with Crippen LogP contribution in [-0.4, -0.2) is 15.6 Å². The van der Waals surface area contributed by atoms with Gasteiger partial charge in [-0.05, 0) is 42.3 Å². The number of hydrogen-bond acceptors (Lipinski definition) is 1. The second kappa shape index (κ2) is 7.33. The Morgan fingerprint density at radius 1 is 1.03 bits per heavy atom. The highest BCUT2D eigenvalue weighted by molar-refractivity contribution is 5.90. The summed E-state index contributed by atoms with van der Waals surface area (Å²) in [7, 11) is 0. The van der Waals surface area contributed by atoms with E-state index < -0.39 is 41.7 Å². The summed E-state index contributed by atoms with van der Waals surface area (Å²) < 4.78 is 93.7. The normalized spacial score (nSPS) is 12.5. The number of benzene rings is 2.